The molecule has 0 amide bonds. The summed E-state index contributed by atoms with van der Waals surface area (Å²) in [6.45, 7) is 2.60. The zero-order valence-corrected chi connectivity index (χ0v) is 15.4. The van der Waals surface area contributed by atoms with E-state index in [2.05, 4.69) is 41.6 Å². The van der Waals surface area contributed by atoms with Gasteiger partial charge in [0.1, 0.15) is 6.61 Å². The minimum Gasteiger partial charge on any atom is -0.395 e. The summed E-state index contributed by atoms with van der Waals surface area (Å²) in [5.74, 6) is 0.431. The standard InChI is InChI=1S/C22H28N2O2/c1-17(24-26-14-12-18-5-3-2-4-6-18)19-7-9-20(10-8-19)21-11-13-22(23,15-21)16-25/h2-10,21,25H,11-16,23H2,1H3/b24-17+. The van der Waals surface area contributed by atoms with Gasteiger partial charge in [0, 0.05) is 12.0 Å². The molecule has 4 heteroatoms. The van der Waals surface area contributed by atoms with E-state index in [1.165, 1.54) is 11.1 Å². The third-order valence-corrected chi connectivity index (χ3v) is 5.28. The minimum absolute atomic E-state index is 0.0632. The van der Waals surface area contributed by atoms with Gasteiger partial charge in [0.05, 0.1) is 12.3 Å². The summed E-state index contributed by atoms with van der Waals surface area (Å²) in [7, 11) is 0. The zero-order chi connectivity index (χ0) is 18.4. The number of oxime groups is 1. The molecule has 0 radical (unpaired) electrons. The van der Waals surface area contributed by atoms with E-state index in [1.54, 1.807) is 0 Å². The normalized spacial score (nSPS) is 23.2. The summed E-state index contributed by atoms with van der Waals surface area (Å²) >= 11 is 0. The van der Waals surface area contributed by atoms with Gasteiger partial charge < -0.3 is 15.7 Å². The second-order valence-electron chi connectivity index (χ2n) is 7.33. The van der Waals surface area contributed by atoms with E-state index in [0.29, 0.717) is 12.5 Å². The second-order valence-corrected chi connectivity index (χ2v) is 7.33. The fraction of sp³-hybridized carbons (Fsp3) is 0.409. The molecule has 1 fully saturated rings. The fourth-order valence-electron chi connectivity index (χ4n) is 3.58. The van der Waals surface area contributed by atoms with Gasteiger partial charge in [0.15, 0.2) is 0 Å². The molecule has 2 atom stereocenters. The number of nitrogens with two attached hydrogens (primary N) is 1. The van der Waals surface area contributed by atoms with Crippen molar-refractivity contribution in [2.45, 2.75) is 44.1 Å². The van der Waals surface area contributed by atoms with Crippen molar-refractivity contribution in [2.75, 3.05) is 13.2 Å². The van der Waals surface area contributed by atoms with Crippen LogP contribution in [0.1, 0.15) is 48.8 Å². The van der Waals surface area contributed by atoms with Crippen molar-refractivity contribution >= 4 is 5.71 Å². The van der Waals surface area contributed by atoms with E-state index in [4.69, 9.17) is 10.6 Å². The second kappa shape index (κ2) is 8.47. The molecule has 0 aliphatic heterocycles. The molecule has 4 nitrogen and oxygen atoms in total. The Morgan fingerprint density at radius 1 is 1.19 bits per heavy atom. The highest BCUT2D eigenvalue weighted by atomic mass is 16.6. The van der Waals surface area contributed by atoms with Gasteiger partial charge in [-0.15, -0.1) is 0 Å². The first-order valence-corrected chi connectivity index (χ1v) is 9.30. The van der Waals surface area contributed by atoms with Crippen LogP contribution in [-0.4, -0.2) is 29.6 Å². The highest BCUT2D eigenvalue weighted by molar-refractivity contribution is 5.98. The summed E-state index contributed by atoms with van der Waals surface area (Å²) in [4.78, 5) is 5.47. The molecule has 0 aromatic heterocycles. The van der Waals surface area contributed by atoms with E-state index in [-0.39, 0.29) is 6.61 Å². The summed E-state index contributed by atoms with van der Waals surface area (Å²) in [6.07, 6.45) is 3.61. The Morgan fingerprint density at radius 2 is 1.92 bits per heavy atom. The SMILES string of the molecule is C/C(=N\OCCc1ccccc1)c1ccc(C2CCC(N)(CO)C2)cc1. The van der Waals surface area contributed by atoms with E-state index < -0.39 is 5.54 Å². The lowest BCUT2D eigenvalue weighted by Crippen LogP contribution is -2.40. The number of aliphatic hydroxyl groups is 1. The number of nitrogens with zero attached hydrogens (tertiary/aromatic N) is 1. The molecule has 0 spiro atoms. The third kappa shape index (κ3) is 4.71. The van der Waals surface area contributed by atoms with E-state index in [9.17, 15) is 5.11 Å². The maximum absolute atomic E-state index is 9.43. The van der Waals surface area contributed by atoms with Crippen LogP contribution >= 0.6 is 0 Å². The lowest BCUT2D eigenvalue weighted by atomic mass is 9.93. The monoisotopic (exact) mass is 352 g/mol. The number of hydrogen-bond acceptors (Lipinski definition) is 4. The zero-order valence-electron chi connectivity index (χ0n) is 15.4. The van der Waals surface area contributed by atoms with Crippen molar-refractivity contribution < 1.29 is 9.94 Å². The molecule has 2 unspecified atom stereocenters. The van der Waals surface area contributed by atoms with Crippen LogP contribution in [-0.2, 0) is 11.3 Å². The lowest BCUT2D eigenvalue weighted by molar-refractivity contribution is 0.147. The van der Waals surface area contributed by atoms with Crippen LogP contribution in [0, 0.1) is 0 Å². The van der Waals surface area contributed by atoms with E-state index >= 15 is 0 Å². The number of aliphatic hydroxyl groups excluding tert-OH is 1. The van der Waals surface area contributed by atoms with Gasteiger partial charge in [-0.3, -0.25) is 0 Å². The van der Waals surface area contributed by atoms with Crippen molar-refractivity contribution in [3.63, 3.8) is 0 Å². The van der Waals surface area contributed by atoms with Gasteiger partial charge in [-0.2, -0.15) is 0 Å². The quantitative estimate of drug-likeness (QED) is 0.454. The Bertz CT molecular complexity index is 728. The Labute approximate surface area is 155 Å². The Balaban J connectivity index is 1.53. The molecular formula is C22H28N2O2. The largest absolute Gasteiger partial charge is 0.395 e. The molecule has 26 heavy (non-hydrogen) atoms. The van der Waals surface area contributed by atoms with Crippen molar-refractivity contribution in [3.8, 4) is 0 Å². The predicted molar refractivity (Wildman–Crippen MR) is 105 cm³/mol. The maximum Gasteiger partial charge on any atom is 0.121 e. The van der Waals surface area contributed by atoms with Crippen LogP contribution in [0.15, 0.2) is 59.8 Å². The Hall–Kier alpha value is -2.17. The molecule has 2 aromatic carbocycles. The fourth-order valence-corrected chi connectivity index (χ4v) is 3.58. The molecule has 3 N–H and O–H groups in total. The van der Waals surface area contributed by atoms with E-state index in [1.807, 2.05) is 25.1 Å². The van der Waals surface area contributed by atoms with Crippen LogP contribution in [0.4, 0.5) is 0 Å². The van der Waals surface area contributed by atoms with Crippen LogP contribution in [0.3, 0.4) is 0 Å². The Morgan fingerprint density at radius 3 is 2.58 bits per heavy atom. The molecule has 1 aliphatic carbocycles. The average molecular weight is 352 g/mol. The topological polar surface area (TPSA) is 67.8 Å². The van der Waals surface area contributed by atoms with Crippen molar-refractivity contribution in [2.24, 2.45) is 10.9 Å². The lowest BCUT2D eigenvalue weighted by Gasteiger charge is -2.20. The molecule has 2 aromatic rings. The predicted octanol–water partition coefficient (Wildman–Crippen LogP) is 3.63. The van der Waals surface area contributed by atoms with Crippen molar-refractivity contribution in [1.82, 2.24) is 0 Å². The molecule has 1 aliphatic rings. The molecule has 3 rings (SSSR count). The number of benzene rings is 2. The first-order valence-electron chi connectivity index (χ1n) is 9.30. The number of rotatable bonds is 7. The molecule has 0 saturated heterocycles. The summed E-state index contributed by atoms with van der Waals surface area (Å²) in [6, 6.07) is 18.7. The van der Waals surface area contributed by atoms with Gasteiger partial charge >= 0.3 is 0 Å². The average Bonchev–Trinajstić information content (AvgIpc) is 3.09. The summed E-state index contributed by atoms with van der Waals surface area (Å²) in [5, 5.41) is 13.7. The molecule has 1 saturated carbocycles. The Kier molecular flexibility index (Phi) is 6.07. The highest BCUT2D eigenvalue weighted by Gasteiger charge is 2.35. The summed E-state index contributed by atoms with van der Waals surface area (Å²) in [5.41, 5.74) is 10.3. The smallest absolute Gasteiger partial charge is 0.121 e. The molecule has 0 heterocycles. The van der Waals surface area contributed by atoms with E-state index in [0.717, 1.165) is 37.0 Å². The minimum atomic E-state index is -0.409. The van der Waals surface area contributed by atoms with Crippen LogP contribution < -0.4 is 5.73 Å². The first-order chi connectivity index (χ1) is 12.6. The van der Waals surface area contributed by atoms with Gasteiger partial charge in [-0.05, 0) is 48.8 Å². The van der Waals surface area contributed by atoms with Gasteiger partial charge in [-0.25, -0.2) is 0 Å². The summed E-state index contributed by atoms with van der Waals surface area (Å²) < 4.78 is 0. The number of hydrogen-bond donors (Lipinski definition) is 2. The van der Waals surface area contributed by atoms with Crippen molar-refractivity contribution in [3.05, 3.63) is 71.3 Å². The van der Waals surface area contributed by atoms with Crippen LogP contribution in [0.2, 0.25) is 0 Å². The van der Waals surface area contributed by atoms with Crippen LogP contribution in [0.5, 0.6) is 0 Å². The first kappa shape index (κ1) is 18.6. The molecule has 0 bridgehead atoms. The van der Waals surface area contributed by atoms with Gasteiger partial charge in [0.25, 0.3) is 0 Å². The highest BCUT2D eigenvalue weighted by Crippen LogP contribution is 2.39. The van der Waals surface area contributed by atoms with Gasteiger partial charge in [0.2, 0.25) is 0 Å². The third-order valence-electron chi connectivity index (χ3n) is 5.28. The van der Waals surface area contributed by atoms with Crippen molar-refractivity contribution in [1.29, 1.82) is 0 Å². The molecule has 138 valence electrons. The maximum atomic E-state index is 9.43. The molecular weight excluding hydrogens is 324 g/mol. The van der Waals surface area contributed by atoms with Crippen LogP contribution in [0.25, 0.3) is 0 Å². The van der Waals surface area contributed by atoms with Gasteiger partial charge in [-0.1, -0.05) is 59.8 Å².